The second-order valence-corrected chi connectivity index (χ2v) is 7.16. The van der Waals surface area contributed by atoms with Crippen molar-refractivity contribution in [3.05, 3.63) is 71.2 Å². The normalized spacial score (nSPS) is 19.1. The maximum absolute atomic E-state index is 14.5. The summed E-state index contributed by atoms with van der Waals surface area (Å²) in [6, 6.07) is 12.1. The molecule has 0 aromatic heterocycles. The molecule has 4 rings (SSSR count). The number of amides is 3. The number of benzene rings is 2. The SMILES string of the molecule is COc1ccccc1NC(=O)C1=C(C)N(C2CC2)C(=O)NC1c1ccccc1F. The summed E-state index contributed by atoms with van der Waals surface area (Å²) in [5.41, 5.74) is 1.60. The molecule has 3 amide bonds. The Hall–Kier alpha value is -3.35. The number of carbonyl (C=O) groups excluding carboxylic acids is 2. The third-order valence-corrected chi connectivity index (χ3v) is 5.25. The molecule has 2 N–H and O–H groups in total. The van der Waals surface area contributed by atoms with Crippen LogP contribution in [0.3, 0.4) is 0 Å². The molecular formula is C22H22FN3O3. The van der Waals surface area contributed by atoms with Crippen LogP contribution in [0.15, 0.2) is 59.8 Å². The minimum Gasteiger partial charge on any atom is -0.495 e. The van der Waals surface area contributed by atoms with E-state index < -0.39 is 17.8 Å². The smallest absolute Gasteiger partial charge is 0.322 e. The second kappa shape index (κ2) is 7.58. The van der Waals surface area contributed by atoms with Crippen LogP contribution in [0.25, 0.3) is 0 Å². The summed E-state index contributed by atoms with van der Waals surface area (Å²) in [5, 5.41) is 5.67. The number of anilines is 1. The van der Waals surface area contributed by atoms with Crippen molar-refractivity contribution in [2.24, 2.45) is 0 Å². The molecule has 6 nitrogen and oxygen atoms in total. The zero-order valence-corrected chi connectivity index (χ0v) is 16.2. The highest BCUT2D eigenvalue weighted by Crippen LogP contribution is 2.38. The van der Waals surface area contributed by atoms with E-state index in [0.29, 0.717) is 22.7 Å². The molecule has 1 aliphatic heterocycles. The van der Waals surface area contributed by atoms with E-state index >= 15 is 0 Å². The second-order valence-electron chi connectivity index (χ2n) is 7.16. The standard InChI is InChI=1S/C22H22FN3O3/c1-13-19(21(27)24-17-9-5-6-10-18(17)29-2)20(15-7-3-4-8-16(15)23)25-22(28)26(13)14-11-12-14/h3-10,14,20H,11-12H2,1-2H3,(H,24,27)(H,25,28). The van der Waals surface area contributed by atoms with Gasteiger partial charge >= 0.3 is 6.03 Å². The van der Waals surface area contributed by atoms with E-state index in [4.69, 9.17) is 4.74 Å². The van der Waals surface area contributed by atoms with Gasteiger partial charge in [0, 0.05) is 17.3 Å². The van der Waals surface area contributed by atoms with E-state index in [1.54, 1.807) is 54.3 Å². The van der Waals surface area contributed by atoms with Gasteiger partial charge in [0.25, 0.3) is 5.91 Å². The molecule has 2 aromatic rings. The van der Waals surface area contributed by atoms with Crippen LogP contribution in [-0.2, 0) is 4.79 Å². The molecule has 150 valence electrons. The Morgan fingerprint density at radius 1 is 1.17 bits per heavy atom. The number of nitrogens with one attached hydrogen (secondary N) is 2. The number of rotatable bonds is 5. The van der Waals surface area contributed by atoms with Gasteiger partial charge in [-0.2, -0.15) is 0 Å². The van der Waals surface area contributed by atoms with Crippen molar-refractivity contribution >= 4 is 17.6 Å². The highest BCUT2D eigenvalue weighted by Gasteiger charge is 2.42. The summed E-state index contributed by atoms with van der Waals surface area (Å²) >= 11 is 0. The lowest BCUT2D eigenvalue weighted by Gasteiger charge is -2.36. The van der Waals surface area contributed by atoms with Gasteiger partial charge in [-0.25, -0.2) is 9.18 Å². The highest BCUT2D eigenvalue weighted by atomic mass is 19.1. The molecule has 0 spiro atoms. The number of halogens is 1. The Bertz CT molecular complexity index is 1000. The molecule has 2 aliphatic rings. The average Bonchev–Trinajstić information content (AvgIpc) is 3.53. The number of urea groups is 1. The molecule has 1 atom stereocenters. The van der Waals surface area contributed by atoms with E-state index in [1.165, 1.54) is 13.2 Å². The van der Waals surface area contributed by atoms with Gasteiger partial charge in [-0.05, 0) is 38.0 Å². The predicted octanol–water partition coefficient (Wildman–Crippen LogP) is 3.98. The minimum absolute atomic E-state index is 0.0747. The first-order valence-corrected chi connectivity index (χ1v) is 9.50. The molecule has 1 unspecified atom stereocenters. The minimum atomic E-state index is -0.881. The molecule has 1 heterocycles. The number of carbonyl (C=O) groups is 2. The Morgan fingerprint density at radius 3 is 2.55 bits per heavy atom. The van der Waals surface area contributed by atoms with Crippen molar-refractivity contribution in [2.75, 3.05) is 12.4 Å². The Morgan fingerprint density at radius 2 is 1.86 bits per heavy atom. The Balaban J connectivity index is 1.77. The first kappa shape index (κ1) is 19.0. The van der Waals surface area contributed by atoms with Gasteiger partial charge in [0.15, 0.2) is 0 Å². The third kappa shape index (κ3) is 3.55. The molecular weight excluding hydrogens is 373 g/mol. The number of methoxy groups -OCH3 is 1. The summed E-state index contributed by atoms with van der Waals surface area (Å²) in [6.07, 6.45) is 1.77. The summed E-state index contributed by atoms with van der Waals surface area (Å²) < 4.78 is 19.8. The third-order valence-electron chi connectivity index (χ3n) is 5.25. The fraction of sp³-hybridized carbons (Fsp3) is 0.273. The lowest BCUT2D eigenvalue weighted by Crippen LogP contribution is -2.49. The zero-order chi connectivity index (χ0) is 20.5. The van der Waals surface area contributed by atoms with E-state index in [2.05, 4.69) is 10.6 Å². The summed E-state index contributed by atoms with van der Waals surface area (Å²) in [7, 11) is 1.52. The highest BCUT2D eigenvalue weighted by molar-refractivity contribution is 6.07. The lowest BCUT2D eigenvalue weighted by molar-refractivity contribution is -0.113. The maximum Gasteiger partial charge on any atom is 0.322 e. The number of allylic oxidation sites excluding steroid dienone is 1. The maximum atomic E-state index is 14.5. The van der Waals surface area contributed by atoms with E-state index in [1.807, 2.05) is 0 Å². The van der Waals surface area contributed by atoms with Gasteiger partial charge < -0.3 is 15.4 Å². The number of ether oxygens (including phenoxy) is 1. The van der Waals surface area contributed by atoms with E-state index in [0.717, 1.165) is 12.8 Å². The van der Waals surface area contributed by atoms with Gasteiger partial charge in [-0.15, -0.1) is 0 Å². The Kier molecular flexibility index (Phi) is 4.96. The summed E-state index contributed by atoms with van der Waals surface area (Å²) in [5.74, 6) is -0.376. The van der Waals surface area contributed by atoms with E-state index in [-0.39, 0.29) is 17.6 Å². The lowest BCUT2D eigenvalue weighted by atomic mass is 9.93. The largest absolute Gasteiger partial charge is 0.495 e. The molecule has 1 saturated carbocycles. The molecule has 0 saturated heterocycles. The molecule has 0 bridgehead atoms. The summed E-state index contributed by atoms with van der Waals surface area (Å²) in [6.45, 7) is 1.74. The number of hydrogen-bond acceptors (Lipinski definition) is 3. The molecule has 7 heteroatoms. The van der Waals surface area contributed by atoms with Crippen LogP contribution in [-0.4, -0.2) is 30.0 Å². The number of para-hydroxylation sites is 2. The molecule has 1 fully saturated rings. The van der Waals surface area contributed by atoms with Gasteiger partial charge in [0.05, 0.1) is 24.4 Å². The molecule has 2 aromatic carbocycles. The quantitative estimate of drug-likeness (QED) is 0.805. The van der Waals surface area contributed by atoms with Crippen LogP contribution in [0.1, 0.15) is 31.4 Å². The zero-order valence-electron chi connectivity index (χ0n) is 16.2. The van der Waals surface area contributed by atoms with Crippen molar-refractivity contribution in [2.45, 2.75) is 31.8 Å². The van der Waals surface area contributed by atoms with Crippen LogP contribution in [0.2, 0.25) is 0 Å². The van der Waals surface area contributed by atoms with Crippen LogP contribution >= 0.6 is 0 Å². The fourth-order valence-electron chi connectivity index (χ4n) is 3.70. The van der Waals surface area contributed by atoms with Crippen LogP contribution in [0.4, 0.5) is 14.9 Å². The van der Waals surface area contributed by atoms with Gasteiger partial charge in [0.1, 0.15) is 11.6 Å². The van der Waals surface area contributed by atoms with Crippen LogP contribution < -0.4 is 15.4 Å². The van der Waals surface area contributed by atoms with E-state index in [9.17, 15) is 14.0 Å². The fourth-order valence-corrected chi connectivity index (χ4v) is 3.70. The number of hydrogen-bond donors (Lipinski definition) is 2. The van der Waals surface area contributed by atoms with Crippen LogP contribution in [0, 0.1) is 5.82 Å². The average molecular weight is 395 g/mol. The van der Waals surface area contributed by atoms with Gasteiger partial charge in [-0.3, -0.25) is 9.69 Å². The van der Waals surface area contributed by atoms with Crippen molar-refractivity contribution in [1.29, 1.82) is 0 Å². The van der Waals surface area contributed by atoms with Crippen molar-refractivity contribution in [3.8, 4) is 5.75 Å². The topological polar surface area (TPSA) is 70.7 Å². The van der Waals surface area contributed by atoms with Crippen molar-refractivity contribution in [1.82, 2.24) is 10.2 Å². The van der Waals surface area contributed by atoms with Gasteiger partial charge in [-0.1, -0.05) is 30.3 Å². The number of nitrogens with zero attached hydrogens (tertiary/aromatic N) is 1. The Labute approximate surface area is 168 Å². The molecule has 1 aliphatic carbocycles. The van der Waals surface area contributed by atoms with Crippen molar-refractivity contribution < 1.29 is 18.7 Å². The predicted molar refractivity (Wildman–Crippen MR) is 107 cm³/mol. The van der Waals surface area contributed by atoms with Crippen LogP contribution in [0.5, 0.6) is 5.75 Å². The molecule has 0 radical (unpaired) electrons. The van der Waals surface area contributed by atoms with Gasteiger partial charge in [0.2, 0.25) is 0 Å². The monoisotopic (exact) mass is 395 g/mol. The van der Waals surface area contributed by atoms with Crippen molar-refractivity contribution in [3.63, 3.8) is 0 Å². The first-order valence-electron chi connectivity index (χ1n) is 9.50. The first-order chi connectivity index (χ1) is 14.0. The summed E-state index contributed by atoms with van der Waals surface area (Å²) in [4.78, 5) is 27.6. The molecule has 29 heavy (non-hydrogen) atoms.